The van der Waals surface area contributed by atoms with Gasteiger partial charge in [0.05, 0.1) is 0 Å². The van der Waals surface area contributed by atoms with Gasteiger partial charge in [-0.05, 0) is 5.56 Å². The topological polar surface area (TPSA) is 119 Å². The van der Waals surface area contributed by atoms with E-state index in [0.29, 0.717) is 0 Å². The van der Waals surface area contributed by atoms with Crippen LogP contribution in [-0.4, -0.2) is 48.7 Å². The van der Waals surface area contributed by atoms with Crippen LogP contribution in [0.15, 0.2) is 42.7 Å². The Labute approximate surface area is 164 Å². The maximum atomic E-state index is 13.5. The lowest BCUT2D eigenvalue weighted by Crippen LogP contribution is -2.59. The zero-order valence-corrected chi connectivity index (χ0v) is 15.3. The molecule has 0 radical (unpaired) electrons. The van der Waals surface area contributed by atoms with E-state index in [1.807, 2.05) is 0 Å². The predicted molar refractivity (Wildman–Crippen MR) is 82.0 cm³/mol. The van der Waals surface area contributed by atoms with Crippen molar-refractivity contribution in [1.29, 1.82) is 0 Å². The molecule has 0 aliphatic carbocycles. The summed E-state index contributed by atoms with van der Waals surface area (Å²) in [5.74, 6) is -12.4. The second kappa shape index (κ2) is 9.01. The first-order valence-electron chi connectivity index (χ1n) is 7.36. The van der Waals surface area contributed by atoms with Crippen molar-refractivity contribution >= 4 is 22.1 Å². The highest BCUT2D eigenvalue weighted by atomic mass is 32.2. The third-order valence-corrected chi connectivity index (χ3v) is 3.97. The van der Waals surface area contributed by atoms with Crippen molar-refractivity contribution in [3.05, 3.63) is 48.3 Å². The van der Waals surface area contributed by atoms with Crippen molar-refractivity contribution in [1.82, 2.24) is 0 Å². The molecule has 0 saturated heterocycles. The summed E-state index contributed by atoms with van der Waals surface area (Å²) in [7, 11) is -6.56. The van der Waals surface area contributed by atoms with E-state index in [4.69, 9.17) is 0 Å². The summed E-state index contributed by atoms with van der Waals surface area (Å²) in [6.07, 6.45) is -6.19. The summed E-state index contributed by atoms with van der Waals surface area (Å²) in [5.41, 5.74) is 0.0932. The average Bonchev–Trinajstić information content (AvgIpc) is 2.61. The lowest BCUT2D eigenvalue weighted by atomic mass is 10.2. The molecule has 30 heavy (non-hydrogen) atoms. The van der Waals surface area contributed by atoms with E-state index in [1.165, 1.54) is 30.3 Å². The fourth-order valence-electron chi connectivity index (χ4n) is 1.65. The summed E-state index contributed by atoms with van der Waals surface area (Å²) >= 11 is 0. The van der Waals surface area contributed by atoms with Gasteiger partial charge in [-0.1, -0.05) is 36.9 Å². The van der Waals surface area contributed by atoms with Gasteiger partial charge in [0.25, 0.3) is 0 Å². The third kappa shape index (κ3) is 5.93. The van der Waals surface area contributed by atoms with Gasteiger partial charge in [-0.15, -0.1) is 0 Å². The molecule has 1 aromatic carbocycles. The number of carbonyl (C=O) groups excluding carboxylic acids is 2. The van der Waals surface area contributed by atoms with Crippen molar-refractivity contribution in [3.63, 3.8) is 0 Å². The number of esters is 2. The molecule has 0 saturated carbocycles. The number of alkyl halides is 5. The van der Waals surface area contributed by atoms with Gasteiger partial charge in [0.1, 0.15) is 13.2 Å². The molecule has 1 rings (SSSR count). The highest BCUT2D eigenvalue weighted by molar-refractivity contribution is 7.86. The van der Waals surface area contributed by atoms with Crippen molar-refractivity contribution < 1.29 is 63.1 Å². The summed E-state index contributed by atoms with van der Waals surface area (Å²) < 4.78 is 123. The van der Waals surface area contributed by atoms with Crippen molar-refractivity contribution in [2.24, 2.45) is 0 Å². The molecule has 1 unspecified atom stereocenters. The molecule has 15 heteroatoms. The van der Waals surface area contributed by atoms with Gasteiger partial charge < -0.3 is 18.8 Å². The van der Waals surface area contributed by atoms with E-state index >= 15 is 0 Å². The van der Waals surface area contributed by atoms with Crippen LogP contribution in [-0.2, 0) is 40.5 Å². The molecule has 0 N–H and O–H groups in total. The number of hydrogen-bond acceptors (Lipinski definition) is 8. The molecular weight excluding hydrogens is 454 g/mol. The lowest BCUT2D eigenvalue weighted by Gasteiger charge is -2.33. The van der Waals surface area contributed by atoms with Gasteiger partial charge in [0.2, 0.25) is 5.83 Å². The van der Waals surface area contributed by atoms with E-state index in [1.54, 1.807) is 0 Å². The normalized spacial score (nSPS) is 14.5. The number of rotatable bonds is 9. The molecule has 1 atom stereocenters. The molecule has 8 nitrogen and oxygen atoms in total. The standard InChI is InChI=1S/C15H12F6O8S/c1-9(16)11(22)29-14(15(19,20)21,28-8-13(17,18)30(24,25)26)12(23)27-7-10-5-3-2-4-6-10/h2-6H,1,7-8H2,(H,24,25,26)/p-1. The third-order valence-electron chi connectivity index (χ3n) is 3.12. The van der Waals surface area contributed by atoms with Gasteiger partial charge in [0, 0.05) is 0 Å². The first kappa shape index (κ1) is 25.4. The number of carbonyl (C=O) groups is 2. The van der Waals surface area contributed by atoms with Crippen LogP contribution < -0.4 is 0 Å². The summed E-state index contributed by atoms with van der Waals surface area (Å²) in [6, 6.07) is 6.83. The van der Waals surface area contributed by atoms with Crippen LogP contribution in [0.3, 0.4) is 0 Å². The quantitative estimate of drug-likeness (QED) is 0.179. The van der Waals surface area contributed by atoms with Gasteiger partial charge >= 0.3 is 29.2 Å². The SMILES string of the molecule is C=C(F)C(=O)OC(OCC(F)(F)S(=O)(=O)[O-])(C(=O)OCc1ccccc1)C(F)(F)F. The van der Waals surface area contributed by atoms with Crippen molar-refractivity contribution in [3.8, 4) is 0 Å². The Balaban J connectivity index is 3.33. The Morgan fingerprint density at radius 3 is 2.03 bits per heavy atom. The first-order valence-corrected chi connectivity index (χ1v) is 8.77. The van der Waals surface area contributed by atoms with Gasteiger partial charge in [0.15, 0.2) is 10.1 Å². The van der Waals surface area contributed by atoms with Crippen LogP contribution >= 0.6 is 0 Å². The fraction of sp³-hybridized carbons (Fsp3) is 0.333. The van der Waals surface area contributed by atoms with Crippen LogP contribution in [0.5, 0.6) is 0 Å². The molecule has 0 aliphatic heterocycles. The van der Waals surface area contributed by atoms with Gasteiger partial charge in [-0.2, -0.15) is 26.3 Å². The minimum Gasteiger partial charge on any atom is -0.743 e. The Kier molecular flexibility index (Phi) is 7.63. The minimum atomic E-state index is -6.56. The highest BCUT2D eigenvalue weighted by Gasteiger charge is 2.69. The largest absolute Gasteiger partial charge is 0.743 e. The zero-order chi connectivity index (χ0) is 23.4. The van der Waals surface area contributed by atoms with Crippen LogP contribution in [0.25, 0.3) is 0 Å². The lowest BCUT2D eigenvalue weighted by molar-refractivity contribution is -0.360. The van der Waals surface area contributed by atoms with Crippen molar-refractivity contribution in [2.75, 3.05) is 6.61 Å². The first-order chi connectivity index (χ1) is 13.5. The molecule has 0 heterocycles. The number of halogens is 6. The van der Waals surface area contributed by atoms with Gasteiger partial charge in [-0.3, -0.25) is 0 Å². The Hall–Kier alpha value is -2.65. The highest BCUT2D eigenvalue weighted by Crippen LogP contribution is 2.39. The molecule has 0 aliphatic rings. The predicted octanol–water partition coefficient (Wildman–Crippen LogP) is 2.17. The van der Waals surface area contributed by atoms with E-state index in [2.05, 4.69) is 20.8 Å². The molecule has 0 spiro atoms. The van der Waals surface area contributed by atoms with E-state index < -0.39 is 58.3 Å². The molecule has 0 aromatic heterocycles. The van der Waals surface area contributed by atoms with E-state index in [9.17, 15) is 48.9 Å². The maximum absolute atomic E-state index is 13.5. The summed E-state index contributed by atoms with van der Waals surface area (Å²) in [5, 5.41) is -5.48. The summed E-state index contributed by atoms with van der Waals surface area (Å²) in [4.78, 5) is 23.3. The molecule has 168 valence electrons. The number of hydrogen-bond donors (Lipinski definition) is 0. The molecule has 0 fully saturated rings. The Morgan fingerprint density at radius 1 is 1.07 bits per heavy atom. The van der Waals surface area contributed by atoms with Gasteiger partial charge in [-0.25, -0.2) is 18.0 Å². The van der Waals surface area contributed by atoms with E-state index in [-0.39, 0.29) is 5.56 Å². The fourth-order valence-corrected chi connectivity index (χ4v) is 1.85. The maximum Gasteiger partial charge on any atom is 0.468 e. The molecule has 1 aromatic rings. The Morgan fingerprint density at radius 2 is 1.60 bits per heavy atom. The average molecular weight is 465 g/mol. The van der Waals surface area contributed by atoms with Crippen LogP contribution in [0, 0.1) is 0 Å². The number of ether oxygens (including phenoxy) is 3. The Bertz CT molecular complexity index is 899. The molecular formula is C15H11F6O8S-. The zero-order valence-electron chi connectivity index (χ0n) is 14.5. The second-order valence-corrected chi connectivity index (χ2v) is 6.86. The van der Waals surface area contributed by atoms with Crippen LogP contribution in [0.1, 0.15) is 5.56 Å². The molecule has 0 amide bonds. The second-order valence-electron chi connectivity index (χ2n) is 5.35. The molecule has 0 bridgehead atoms. The summed E-state index contributed by atoms with van der Waals surface area (Å²) in [6.45, 7) is -1.48. The van der Waals surface area contributed by atoms with E-state index in [0.717, 1.165) is 0 Å². The minimum absolute atomic E-state index is 0.0932. The number of benzene rings is 1. The van der Waals surface area contributed by atoms with Crippen LogP contribution in [0.2, 0.25) is 0 Å². The monoisotopic (exact) mass is 465 g/mol. The van der Waals surface area contributed by atoms with Crippen molar-refractivity contribution in [2.45, 2.75) is 23.8 Å². The smallest absolute Gasteiger partial charge is 0.468 e. The van der Waals surface area contributed by atoms with Crippen LogP contribution in [0.4, 0.5) is 26.3 Å².